The van der Waals surface area contributed by atoms with Crippen molar-refractivity contribution in [2.45, 2.75) is 13.0 Å². The molecule has 176 valence electrons. The highest BCUT2D eigenvalue weighted by Gasteiger charge is 2.17. The van der Waals surface area contributed by atoms with E-state index in [1.807, 2.05) is 37.3 Å². The predicted octanol–water partition coefficient (Wildman–Crippen LogP) is 2.95. The van der Waals surface area contributed by atoms with Crippen LogP contribution in [0.3, 0.4) is 0 Å². The molecule has 1 atom stereocenters. The van der Waals surface area contributed by atoms with E-state index < -0.39 is 18.5 Å². The molecule has 1 aromatic heterocycles. The molecule has 35 heavy (non-hydrogen) atoms. The molecule has 10 heteroatoms. The summed E-state index contributed by atoms with van der Waals surface area (Å²) in [4.78, 5) is 37.6. The summed E-state index contributed by atoms with van der Waals surface area (Å²) in [5.41, 5.74) is 2.51. The van der Waals surface area contributed by atoms with Crippen molar-refractivity contribution >= 4 is 23.5 Å². The topological polar surface area (TPSA) is 128 Å². The maximum atomic E-state index is 12.8. The molecule has 4 aromatic rings. The first kappa shape index (κ1) is 23.3. The molecule has 0 bridgehead atoms. The zero-order chi connectivity index (χ0) is 24.6. The van der Waals surface area contributed by atoms with Crippen LogP contribution in [-0.2, 0) is 9.53 Å². The average molecular weight is 470 g/mol. The fraction of sp³-hybridized carbons (Fsp3) is 0.120. The number of anilines is 1. The van der Waals surface area contributed by atoms with Crippen LogP contribution in [0.25, 0.3) is 5.69 Å². The first-order valence-electron chi connectivity index (χ1n) is 10.8. The summed E-state index contributed by atoms with van der Waals surface area (Å²) < 4.78 is 6.56. The minimum Gasteiger partial charge on any atom is -0.452 e. The smallest absolute Gasteiger partial charge is 0.338 e. The van der Waals surface area contributed by atoms with E-state index in [4.69, 9.17) is 4.74 Å². The van der Waals surface area contributed by atoms with E-state index in [1.54, 1.807) is 48.5 Å². The molecule has 0 saturated heterocycles. The number of hydrogen-bond donors (Lipinski definition) is 2. The van der Waals surface area contributed by atoms with E-state index in [-0.39, 0.29) is 17.5 Å². The lowest BCUT2D eigenvalue weighted by atomic mass is 10.1. The van der Waals surface area contributed by atoms with Gasteiger partial charge < -0.3 is 15.4 Å². The minimum atomic E-state index is -0.661. The van der Waals surface area contributed by atoms with Gasteiger partial charge in [0.1, 0.15) is 6.33 Å². The molecule has 0 spiro atoms. The number of para-hydroxylation sites is 1. The Balaban J connectivity index is 1.33. The van der Waals surface area contributed by atoms with Gasteiger partial charge >= 0.3 is 5.97 Å². The number of carbonyl (C=O) groups is 3. The van der Waals surface area contributed by atoms with Crippen LogP contribution in [0.4, 0.5) is 5.69 Å². The zero-order valence-corrected chi connectivity index (χ0v) is 18.8. The quantitative estimate of drug-likeness (QED) is 0.379. The maximum Gasteiger partial charge on any atom is 0.338 e. The highest BCUT2D eigenvalue weighted by molar-refractivity contribution is 6.04. The number of esters is 1. The highest BCUT2D eigenvalue weighted by atomic mass is 16.5. The van der Waals surface area contributed by atoms with Gasteiger partial charge in [-0.3, -0.25) is 9.59 Å². The van der Waals surface area contributed by atoms with Gasteiger partial charge in [0.15, 0.2) is 6.61 Å². The van der Waals surface area contributed by atoms with E-state index in [0.29, 0.717) is 16.9 Å². The molecule has 0 fully saturated rings. The van der Waals surface area contributed by atoms with E-state index in [0.717, 1.165) is 5.56 Å². The monoisotopic (exact) mass is 470 g/mol. The summed E-state index contributed by atoms with van der Waals surface area (Å²) in [5, 5.41) is 16.4. The van der Waals surface area contributed by atoms with Crippen LogP contribution >= 0.6 is 0 Å². The van der Waals surface area contributed by atoms with E-state index in [2.05, 4.69) is 26.2 Å². The van der Waals surface area contributed by atoms with Crippen LogP contribution in [0.15, 0.2) is 85.2 Å². The Labute approximate surface area is 200 Å². The summed E-state index contributed by atoms with van der Waals surface area (Å²) in [7, 11) is 0. The van der Waals surface area contributed by atoms with Crippen LogP contribution in [0.1, 0.15) is 39.2 Å². The summed E-state index contributed by atoms with van der Waals surface area (Å²) in [6, 6.07) is 22.3. The van der Waals surface area contributed by atoms with Crippen molar-refractivity contribution in [1.82, 2.24) is 25.5 Å². The summed E-state index contributed by atoms with van der Waals surface area (Å²) in [6.07, 6.45) is 1.43. The summed E-state index contributed by atoms with van der Waals surface area (Å²) in [6.45, 7) is 1.37. The number of ether oxygens (including phenoxy) is 1. The van der Waals surface area contributed by atoms with Gasteiger partial charge in [0.25, 0.3) is 11.8 Å². The fourth-order valence-electron chi connectivity index (χ4n) is 3.32. The molecule has 2 amide bonds. The Hall–Kier alpha value is -4.86. The molecule has 1 unspecified atom stereocenters. The van der Waals surface area contributed by atoms with Crippen molar-refractivity contribution in [1.29, 1.82) is 0 Å². The summed E-state index contributed by atoms with van der Waals surface area (Å²) in [5.74, 6) is -1.57. The number of nitrogens with zero attached hydrogens (tertiary/aromatic N) is 4. The number of aromatic nitrogens is 4. The number of benzene rings is 3. The van der Waals surface area contributed by atoms with Gasteiger partial charge in [0.05, 0.1) is 28.5 Å². The Morgan fingerprint density at radius 3 is 2.37 bits per heavy atom. The molecule has 1 heterocycles. The van der Waals surface area contributed by atoms with Crippen molar-refractivity contribution in [2.24, 2.45) is 0 Å². The van der Waals surface area contributed by atoms with Gasteiger partial charge in [-0.05, 0) is 59.3 Å². The first-order valence-corrected chi connectivity index (χ1v) is 10.8. The van der Waals surface area contributed by atoms with E-state index in [9.17, 15) is 14.4 Å². The van der Waals surface area contributed by atoms with Crippen molar-refractivity contribution in [3.63, 3.8) is 0 Å². The second-order valence-electron chi connectivity index (χ2n) is 7.58. The molecule has 0 aliphatic carbocycles. The second-order valence-corrected chi connectivity index (χ2v) is 7.58. The maximum absolute atomic E-state index is 12.8. The number of hydrogen-bond acceptors (Lipinski definition) is 7. The third kappa shape index (κ3) is 5.93. The molecule has 0 aliphatic rings. The molecular formula is C25H22N6O4. The van der Waals surface area contributed by atoms with Crippen LogP contribution in [0.2, 0.25) is 0 Å². The Bertz CT molecular complexity index is 1310. The molecule has 2 N–H and O–H groups in total. The number of tetrazole rings is 1. The molecule has 10 nitrogen and oxygen atoms in total. The van der Waals surface area contributed by atoms with Crippen LogP contribution in [-0.4, -0.2) is 44.6 Å². The van der Waals surface area contributed by atoms with Crippen LogP contribution in [0.5, 0.6) is 0 Å². The molecule has 0 aliphatic heterocycles. The van der Waals surface area contributed by atoms with Crippen LogP contribution in [0, 0.1) is 0 Å². The molecule has 3 aromatic carbocycles. The summed E-state index contributed by atoms with van der Waals surface area (Å²) >= 11 is 0. The normalized spacial score (nSPS) is 11.3. The van der Waals surface area contributed by atoms with Gasteiger partial charge in [-0.1, -0.05) is 42.5 Å². The van der Waals surface area contributed by atoms with Gasteiger partial charge in [0.2, 0.25) is 0 Å². The Morgan fingerprint density at radius 1 is 0.943 bits per heavy atom. The third-order valence-corrected chi connectivity index (χ3v) is 5.14. The lowest BCUT2D eigenvalue weighted by Crippen LogP contribution is -2.28. The highest BCUT2D eigenvalue weighted by Crippen LogP contribution is 2.18. The van der Waals surface area contributed by atoms with E-state index >= 15 is 0 Å². The molecule has 0 saturated carbocycles. The molecule has 4 rings (SSSR count). The van der Waals surface area contributed by atoms with Gasteiger partial charge in [-0.2, -0.15) is 0 Å². The number of rotatable bonds is 8. The Kier molecular flexibility index (Phi) is 7.22. The second kappa shape index (κ2) is 10.8. The number of carbonyl (C=O) groups excluding carboxylic acids is 3. The standard InChI is InChI=1S/C25H22N6O4/c1-17(18-7-3-2-4-8-18)27-24(33)21-9-5-6-10-22(21)28-23(32)15-35-25(34)19-11-13-20(14-12-19)31-16-26-29-30-31/h2-14,16-17H,15H2,1H3,(H,27,33)(H,28,32). The first-order chi connectivity index (χ1) is 17.0. The SMILES string of the molecule is CC(NC(=O)c1ccccc1NC(=O)COC(=O)c1ccc(-n2cnnn2)cc1)c1ccccc1. The van der Waals surface area contributed by atoms with E-state index in [1.165, 1.54) is 11.0 Å². The largest absolute Gasteiger partial charge is 0.452 e. The molecule has 0 radical (unpaired) electrons. The zero-order valence-electron chi connectivity index (χ0n) is 18.8. The number of nitrogens with one attached hydrogen (secondary N) is 2. The number of amides is 2. The van der Waals surface area contributed by atoms with Crippen molar-refractivity contribution in [2.75, 3.05) is 11.9 Å². The lowest BCUT2D eigenvalue weighted by molar-refractivity contribution is -0.119. The van der Waals surface area contributed by atoms with Crippen molar-refractivity contribution in [3.8, 4) is 5.69 Å². The molecular weight excluding hydrogens is 448 g/mol. The van der Waals surface area contributed by atoms with Gasteiger partial charge in [-0.25, -0.2) is 9.48 Å². The minimum absolute atomic E-state index is 0.222. The third-order valence-electron chi connectivity index (χ3n) is 5.14. The average Bonchev–Trinajstić information content (AvgIpc) is 3.43. The van der Waals surface area contributed by atoms with Gasteiger partial charge in [-0.15, -0.1) is 5.10 Å². The van der Waals surface area contributed by atoms with Crippen molar-refractivity contribution < 1.29 is 19.1 Å². The fourth-order valence-corrected chi connectivity index (χ4v) is 3.32. The van der Waals surface area contributed by atoms with Gasteiger partial charge in [0, 0.05) is 0 Å². The van der Waals surface area contributed by atoms with Crippen LogP contribution < -0.4 is 10.6 Å². The lowest BCUT2D eigenvalue weighted by Gasteiger charge is -2.16. The van der Waals surface area contributed by atoms with Crippen molar-refractivity contribution in [3.05, 3.63) is 102 Å². The Morgan fingerprint density at radius 2 is 1.66 bits per heavy atom. The predicted molar refractivity (Wildman–Crippen MR) is 127 cm³/mol.